The first-order valence-corrected chi connectivity index (χ1v) is 7.63. The van der Waals surface area contributed by atoms with Crippen LogP contribution in [0, 0.1) is 0 Å². The number of hydrogen-bond acceptors (Lipinski definition) is 1. The van der Waals surface area contributed by atoms with Crippen molar-refractivity contribution >= 4 is 45.0 Å². The van der Waals surface area contributed by atoms with Gasteiger partial charge in [0.25, 0.3) is 5.91 Å². The number of hydrogen-bond donors (Lipinski definition) is 1. The smallest absolute Gasteiger partial charge is 0.253 e. The van der Waals surface area contributed by atoms with Gasteiger partial charge in [0.1, 0.15) is 0 Å². The lowest BCUT2D eigenvalue weighted by Crippen LogP contribution is -2.37. The molecule has 1 fully saturated rings. The first kappa shape index (κ1) is 14.2. The number of halogens is 3. The molecule has 1 aromatic rings. The van der Waals surface area contributed by atoms with E-state index in [1.54, 1.807) is 18.2 Å². The summed E-state index contributed by atoms with van der Waals surface area (Å²) >= 11 is 15.4. The summed E-state index contributed by atoms with van der Waals surface area (Å²) in [5, 5.41) is 3.96. The van der Waals surface area contributed by atoms with Crippen molar-refractivity contribution in [2.45, 2.75) is 36.6 Å². The Morgan fingerprint density at radius 3 is 2.50 bits per heavy atom. The van der Waals surface area contributed by atoms with Gasteiger partial charge in [-0.25, -0.2) is 0 Å². The molecule has 1 saturated carbocycles. The highest BCUT2D eigenvalue weighted by Crippen LogP contribution is 2.25. The van der Waals surface area contributed by atoms with Crippen molar-refractivity contribution in [2.75, 3.05) is 0 Å². The molecule has 0 aliphatic heterocycles. The molecule has 1 aromatic carbocycles. The van der Waals surface area contributed by atoms with Gasteiger partial charge in [-0.2, -0.15) is 0 Å². The predicted molar refractivity (Wildman–Crippen MR) is 78.9 cm³/mol. The topological polar surface area (TPSA) is 29.1 Å². The molecule has 1 aliphatic rings. The van der Waals surface area contributed by atoms with Gasteiger partial charge in [-0.1, -0.05) is 39.1 Å². The van der Waals surface area contributed by atoms with Gasteiger partial charge >= 0.3 is 0 Å². The van der Waals surface area contributed by atoms with Crippen molar-refractivity contribution in [3.8, 4) is 0 Å². The summed E-state index contributed by atoms with van der Waals surface area (Å²) in [7, 11) is 0. The summed E-state index contributed by atoms with van der Waals surface area (Å²) in [5.74, 6) is -0.116. The van der Waals surface area contributed by atoms with Crippen molar-refractivity contribution in [2.24, 2.45) is 0 Å². The molecule has 0 spiro atoms. The quantitative estimate of drug-likeness (QED) is 0.785. The zero-order valence-corrected chi connectivity index (χ0v) is 12.9. The Bertz CT molecular complexity index is 445. The molecule has 18 heavy (non-hydrogen) atoms. The molecule has 0 bridgehead atoms. The normalized spacial score (nSPS) is 23.7. The lowest BCUT2D eigenvalue weighted by molar-refractivity contribution is 0.0928. The van der Waals surface area contributed by atoms with Crippen LogP contribution in [-0.4, -0.2) is 16.8 Å². The van der Waals surface area contributed by atoms with E-state index < -0.39 is 0 Å². The summed E-state index contributed by atoms with van der Waals surface area (Å²) in [5.41, 5.74) is 0.488. The maximum absolute atomic E-state index is 12.1. The van der Waals surface area contributed by atoms with Gasteiger partial charge in [-0.05, 0) is 43.9 Å². The summed E-state index contributed by atoms with van der Waals surface area (Å²) in [4.78, 5) is 12.7. The molecule has 0 aromatic heterocycles. The molecular weight excluding hydrogens is 337 g/mol. The highest BCUT2D eigenvalue weighted by Gasteiger charge is 2.21. The molecule has 0 heterocycles. The Kier molecular flexibility index (Phi) is 4.93. The Morgan fingerprint density at radius 1 is 1.22 bits per heavy atom. The standard InChI is InChI=1S/C13H14BrCl2NO/c14-8-1-4-10(5-2-8)17-13(18)11-6-3-9(15)7-12(11)16/h3,6-8,10H,1-2,4-5H2,(H,17,18). The lowest BCUT2D eigenvalue weighted by atomic mass is 9.95. The molecule has 98 valence electrons. The average Bonchev–Trinajstić information content (AvgIpc) is 2.32. The van der Waals surface area contributed by atoms with Crippen LogP contribution in [0.15, 0.2) is 18.2 Å². The van der Waals surface area contributed by atoms with Crippen molar-refractivity contribution < 1.29 is 4.79 Å². The van der Waals surface area contributed by atoms with Crippen LogP contribution < -0.4 is 5.32 Å². The summed E-state index contributed by atoms with van der Waals surface area (Å²) in [6, 6.07) is 5.18. The minimum Gasteiger partial charge on any atom is -0.349 e. The highest BCUT2D eigenvalue weighted by molar-refractivity contribution is 9.09. The summed E-state index contributed by atoms with van der Waals surface area (Å²) < 4.78 is 0. The minimum absolute atomic E-state index is 0.116. The van der Waals surface area contributed by atoms with E-state index in [1.165, 1.54) is 0 Å². The number of amides is 1. The third-order valence-electron chi connectivity index (χ3n) is 3.17. The molecule has 1 aliphatic carbocycles. The van der Waals surface area contributed by atoms with Crippen molar-refractivity contribution in [1.82, 2.24) is 5.32 Å². The van der Waals surface area contributed by atoms with Crippen LogP contribution in [0.4, 0.5) is 0 Å². The second-order valence-electron chi connectivity index (χ2n) is 4.55. The van der Waals surface area contributed by atoms with Crippen molar-refractivity contribution in [1.29, 1.82) is 0 Å². The van der Waals surface area contributed by atoms with E-state index in [9.17, 15) is 4.79 Å². The van der Waals surface area contributed by atoms with Crippen molar-refractivity contribution in [3.05, 3.63) is 33.8 Å². The van der Waals surface area contributed by atoms with Crippen LogP contribution in [0.2, 0.25) is 10.0 Å². The molecule has 0 atom stereocenters. The fourth-order valence-electron chi connectivity index (χ4n) is 2.13. The van der Waals surface area contributed by atoms with E-state index in [-0.39, 0.29) is 11.9 Å². The second-order valence-corrected chi connectivity index (χ2v) is 6.69. The second kappa shape index (κ2) is 6.27. The zero-order valence-electron chi connectivity index (χ0n) is 9.76. The number of alkyl halides is 1. The van der Waals surface area contributed by atoms with E-state index in [4.69, 9.17) is 23.2 Å². The Hall–Kier alpha value is -0.250. The number of rotatable bonds is 2. The van der Waals surface area contributed by atoms with Crippen LogP contribution in [0.3, 0.4) is 0 Å². The summed E-state index contributed by atoms with van der Waals surface area (Å²) in [6.45, 7) is 0. The number of nitrogens with one attached hydrogen (secondary N) is 1. The Morgan fingerprint density at radius 2 is 1.89 bits per heavy atom. The van der Waals surface area contributed by atoms with Gasteiger partial charge in [-0.15, -0.1) is 0 Å². The first-order chi connectivity index (χ1) is 8.56. The van der Waals surface area contributed by atoms with Crippen molar-refractivity contribution in [3.63, 3.8) is 0 Å². The van der Waals surface area contributed by atoms with Gasteiger partial charge in [0.15, 0.2) is 0 Å². The SMILES string of the molecule is O=C(NC1CCC(Br)CC1)c1ccc(Cl)cc1Cl. The maximum Gasteiger partial charge on any atom is 0.253 e. The first-order valence-electron chi connectivity index (χ1n) is 5.96. The van der Waals surface area contributed by atoms with Gasteiger partial charge < -0.3 is 5.32 Å². The monoisotopic (exact) mass is 349 g/mol. The van der Waals surface area contributed by atoms with E-state index in [0.717, 1.165) is 25.7 Å². The fraction of sp³-hybridized carbons (Fsp3) is 0.462. The molecular formula is C13H14BrCl2NO. The molecule has 1 amide bonds. The third kappa shape index (κ3) is 3.62. The van der Waals surface area contributed by atoms with E-state index in [0.29, 0.717) is 20.4 Å². The Balaban J connectivity index is 1.99. The van der Waals surface area contributed by atoms with Gasteiger partial charge in [0.05, 0.1) is 10.6 Å². The highest BCUT2D eigenvalue weighted by atomic mass is 79.9. The zero-order chi connectivity index (χ0) is 13.1. The summed E-state index contributed by atoms with van der Waals surface area (Å²) in [6.07, 6.45) is 4.21. The maximum atomic E-state index is 12.1. The van der Waals surface area contributed by atoms with Crippen LogP contribution >= 0.6 is 39.1 Å². The number of benzene rings is 1. The minimum atomic E-state index is -0.116. The van der Waals surface area contributed by atoms with E-state index in [2.05, 4.69) is 21.2 Å². The fourth-order valence-corrected chi connectivity index (χ4v) is 3.16. The van der Waals surface area contributed by atoms with Gasteiger partial charge in [0.2, 0.25) is 0 Å². The molecule has 0 radical (unpaired) electrons. The Labute approximate surface area is 125 Å². The van der Waals surface area contributed by atoms with Gasteiger partial charge in [-0.3, -0.25) is 4.79 Å². The van der Waals surface area contributed by atoms with Crippen LogP contribution in [0.1, 0.15) is 36.0 Å². The molecule has 0 unspecified atom stereocenters. The van der Waals surface area contributed by atoms with Crippen LogP contribution in [0.5, 0.6) is 0 Å². The largest absolute Gasteiger partial charge is 0.349 e. The molecule has 5 heteroatoms. The number of carbonyl (C=O) groups is 1. The van der Waals surface area contributed by atoms with Gasteiger partial charge in [0, 0.05) is 15.9 Å². The lowest BCUT2D eigenvalue weighted by Gasteiger charge is -2.26. The predicted octanol–water partition coefficient (Wildman–Crippen LogP) is 4.43. The van der Waals surface area contributed by atoms with Crippen LogP contribution in [0.25, 0.3) is 0 Å². The average molecular weight is 351 g/mol. The van der Waals surface area contributed by atoms with E-state index >= 15 is 0 Å². The third-order valence-corrected chi connectivity index (χ3v) is 4.63. The molecule has 1 N–H and O–H groups in total. The molecule has 0 saturated heterocycles. The van der Waals surface area contributed by atoms with Crippen LogP contribution in [-0.2, 0) is 0 Å². The number of carbonyl (C=O) groups excluding carboxylic acids is 1. The van der Waals surface area contributed by atoms with E-state index in [1.807, 2.05) is 0 Å². The molecule has 2 nitrogen and oxygen atoms in total. The molecule has 2 rings (SSSR count).